The van der Waals surface area contributed by atoms with E-state index in [9.17, 15) is 14.4 Å². The summed E-state index contributed by atoms with van der Waals surface area (Å²) in [5.74, 6) is -1.80. The predicted molar refractivity (Wildman–Crippen MR) is 142 cm³/mol. The van der Waals surface area contributed by atoms with Gasteiger partial charge in [-0.05, 0) is 50.6 Å². The molecule has 1 aliphatic heterocycles. The summed E-state index contributed by atoms with van der Waals surface area (Å²) in [6.07, 6.45) is -1.08. The average Bonchev–Trinajstić information content (AvgIpc) is 3.28. The van der Waals surface area contributed by atoms with E-state index in [1.54, 1.807) is 52.0 Å². The number of alkyl carbamates (subject to hydrolysis) is 1. The molecule has 0 radical (unpaired) electrons. The van der Waals surface area contributed by atoms with Gasteiger partial charge in [0.1, 0.15) is 17.5 Å². The Morgan fingerprint density at radius 1 is 1.23 bits per heavy atom. The second kappa shape index (κ2) is 11.6. The van der Waals surface area contributed by atoms with Crippen LogP contribution in [0.2, 0.25) is 5.02 Å². The number of hydrogen-bond acceptors (Lipinski definition) is 9. The normalized spacial score (nSPS) is 15.4. The van der Waals surface area contributed by atoms with Crippen LogP contribution in [0, 0.1) is 5.82 Å². The number of hydrogen-bond donors (Lipinski definition) is 1. The minimum absolute atomic E-state index is 0.0857. The first-order valence-electron chi connectivity index (χ1n) is 12.0. The maximum absolute atomic E-state index is 15.3. The number of rotatable bonds is 6. The highest BCUT2D eigenvalue weighted by molar-refractivity contribution is 7.99. The van der Waals surface area contributed by atoms with E-state index in [2.05, 4.69) is 15.5 Å². The van der Waals surface area contributed by atoms with Crippen molar-refractivity contribution in [3.8, 4) is 17.5 Å². The van der Waals surface area contributed by atoms with Crippen LogP contribution >= 0.6 is 23.4 Å². The van der Waals surface area contributed by atoms with Gasteiger partial charge in [0, 0.05) is 22.1 Å². The molecule has 1 N–H and O–H groups in total. The third-order valence-electron chi connectivity index (χ3n) is 5.38. The molecule has 13 heteroatoms. The van der Waals surface area contributed by atoms with E-state index in [0.717, 1.165) is 5.56 Å². The monoisotopic (exact) mass is 576 g/mol. The van der Waals surface area contributed by atoms with Gasteiger partial charge in [-0.3, -0.25) is 9.59 Å². The lowest BCUT2D eigenvalue weighted by Crippen LogP contribution is -2.50. The molecule has 0 unspecified atom stereocenters. The van der Waals surface area contributed by atoms with Crippen LogP contribution in [0.1, 0.15) is 39.7 Å². The lowest BCUT2D eigenvalue weighted by Gasteiger charge is -2.27. The maximum atomic E-state index is 15.3. The number of anilines is 1. The fourth-order valence-corrected chi connectivity index (χ4v) is 4.81. The molecule has 10 nitrogen and oxygen atoms in total. The quantitative estimate of drug-likeness (QED) is 0.385. The Hall–Kier alpha value is -3.64. The number of carbonyl (C=O) groups excluding carboxylic acids is 3. The first-order chi connectivity index (χ1) is 18.4. The van der Waals surface area contributed by atoms with Crippen LogP contribution in [-0.2, 0) is 20.9 Å². The maximum Gasteiger partial charge on any atom is 0.422 e. The molecule has 0 aliphatic carbocycles. The van der Waals surface area contributed by atoms with Gasteiger partial charge in [-0.1, -0.05) is 35.8 Å². The third-order valence-corrected chi connectivity index (χ3v) is 6.77. The van der Waals surface area contributed by atoms with Crippen LogP contribution in [0.25, 0.3) is 11.5 Å². The second-order valence-electron chi connectivity index (χ2n) is 9.56. The highest BCUT2D eigenvalue weighted by Gasteiger charge is 2.34. The number of aromatic nitrogens is 2. The van der Waals surface area contributed by atoms with Crippen molar-refractivity contribution in [2.75, 3.05) is 10.7 Å². The molecule has 2 heterocycles. The van der Waals surface area contributed by atoms with Gasteiger partial charge in [-0.2, -0.15) is 0 Å². The van der Waals surface area contributed by atoms with Gasteiger partial charge < -0.3 is 24.1 Å². The standard InChI is InChI=1S/C26H26ClFN4O6S/c1-5-21(33)36-25-31-30-22(37-25)16-10-19-20(11-17(16)28)39-13-18(29-24(35)38-26(2,3)4)23(34)32(19)12-14-6-8-15(27)9-7-14/h6-11,18H,5,12-13H2,1-4H3,(H,29,35)/t18-/m0/s1. The highest BCUT2D eigenvalue weighted by atomic mass is 35.5. The van der Waals surface area contributed by atoms with Crippen molar-refractivity contribution in [2.24, 2.45) is 0 Å². The molecule has 3 aromatic rings. The number of ether oxygens (including phenoxy) is 2. The molecule has 2 amide bonds. The smallest absolute Gasteiger partial charge is 0.422 e. The summed E-state index contributed by atoms with van der Waals surface area (Å²) in [7, 11) is 0. The lowest BCUT2D eigenvalue weighted by molar-refractivity contribution is -0.135. The largest absolute Gasteiger partial charge is 0.444 e. The Morgan fingerprint density at radius 2 is 1.95 bits per heavy atom. The van der Waals surface area contributed by atoms with Crippen LogP contribution in [0.15, 0.2) is 45.7 Å². The number of nitrogens with zero attached hydrogens (tertiary/aromatic N) is 3. The Bertz CT molecular complexity index is 1390. The molecule has 0 bridgehead atoms. The van der Waals surface area contributed by atoms with Crippen LogP contribution in [0.5, 0.6) is 6.08 Å². The van der Waals surface area contributed by atoms with Crippen molar-refractivity contribution in [2.45, 2.75) is 57.2 Å². The van der Waals surface area contributed by atoms with Crippen LogP contribution < -0.4 is 15.0 Å². The van der Waals surface area contributed by atoms with E-state index in [0.29, 0.717) is 15.6 Å². The minimum atomic E-state index is -0.959. The van der Waals surface area contributed by atoms with Gasteiger partial charge >= 0.3 is 18.1 Å². The first kappa shape index (κ1) is 28.4. The summed E-state index contributed by atoms with van der Waals surface area (Å²) in [6, 6.07) is 8.63. The Balaban J connectivity index is 1.72. The van der Waals surface area contributed by atoms with Crippen molar-refractivity contribution in [1.82, 2.24) is 15.5 Å². The van der Waals surface area contributed by atoms with Gasteiger partial charge in [0.2, 0.25) is 0 Å². The van der Waals surface area contributed by atoms with Gasteiger partial charge in [-0.15, -0.1) is 16.9 Å². The van der Waals surface area contributed by atoms with E-state index >= 15 is 4.39 Å². The zero-order valence-electron chi connectivity index (χ0n) is 21.6. The van der Waals surface area contributed by atoms with Gasteiger partial charge in [0.25, 0.3) is 11.8 Å². The molecule has 1 atom stereocenters. The van der Waals surface area contributed by atoms with Gasteiger partial charge in [-0.25, -0.2) is 9.18 Å². The number of amides is 2. The number of fused-ring (bicyclic) bond motifs is 1. The molecule has 1 aliphatic rings. The summed E-state index contributed by atoms with van der Waals surface area (Å²) >= 11 is 7.23. The number of esters is 1. The molecule has 0 saturated heterocycles. The van der Waals surface area contributed by atoms with E-state index < -0.39 is 41.5 Å². The number of thioether (sulfide) groups is 1. The first-order valence-corrected chi connectivity index (χ1v) is 13.4. The molecule has 4 rings (SSSR count). The SMILES string of the molecule is CCC(=O)Oc1nnc(-c2cc3c(cc2F)SC[C@H](NC(=O)OC(C)(C)C)C(=O)N3Cc2ccc(Cl)cc2)o1. The molecule has 0 saturated carbocycles. The summed E-state index contributed by atoms with van der Waals surface area (Å²) in [5, 5.41) is 10.6. The van der Waals surface area contributed by atoms with E-state index in [4.69, 9.17) is 25.5 Å². The zero-order valence-corrected chi connectivity index (χ0v) is 23.2. The van der Waals surface area contributed by atoms with Gasteiger partial charge in [0.15, 0.2) is 0 Å². The minimum Gasteiger partial charge on any atom is -0.444 e. The second-order valence-corrected chi connectivity index (χ2v) is 11.1. The molecular formula is C26H26ClFN4O6S. The Labute approximate surface area is 233 Å². The van der Waals surface area contributed by atoms with E-state index in [-0.39, 0.29) is 30.2 Å². The fraction of sp³-hybridized carbons (Fsp3) is 0.346. The molecule has 0 fully saturated rings. The Morgan fingerprint density at radius 3 is 2.62 bits per heavy atom. The molecule has 39 heavy (non-hydrogen) atoms. The van der Waals surface area contributed by atoms with E-state index in [1.807, 2.05) is 0 Å². The number of benzene rings is 2. The summed E-state index contributed by atoms with van der Waals surface area (Å²) < 4.78 is 30.9. The van der Waals surface area contributed by atoms with Crippen LogP contribution in [-0.4, -0.2) is 45.6 Å². The topological polar surface area (TPSA) is 124 Å². The number of nitrogens with one attached hydrogen (secondary N) is 1. The van der Waals surface area contributed by atoms with E-state index in [1.165, 1.54) is 28.8 Å². The average molecular weight is 577 g/mol. The molecule has 0 spiro atoms. The fourth-order valence-electron chi connectivity index (χ4n) is 3.60. The number of halogens is 2. The van der Waals surface area contributed by atoms with Gasteiger partial charge in [0.05, 0.1) is 17.8 Å². The molecule has 1 aromatic heterocycles. The van der Waals surface area contributed by atoms with Crippen molar-refractivity contribution < 1.29 is 32.7 Å². The summed E-state index contributed by atoms with van der Waals surface area (Å²) in [4.78, 5) is 39.8. The van der Waals surface area contributed by atoms with Crippen molar-refractivity contribution in [1.29, 1.82) is 0 Å². The molecule has 2 aromatic carbocycles. The Kier molecular flexibility index (Phi) is 8.45. The molecule has 206 valence electrons. The van der Waals surface area contributed by atoms with Crippen molar-refractivity contribution >= 4 is 47.0 Å². The summed E-state index contributed by atoms with van der Waals surface area (Å²) in [5.41, 5.74) is 0.269. The van der Waals surface area contributed by atoms with Crippen LogP contribution in [0.4, 0.5) is 14.9 Å². The summed E-state index contributed by atoms with van der Waals surface area (Å²) in [6.45, 7) is 6.85. The highest BCUT2D eigenvalue weighted by Crippen LogP contribution is 2.40. The van der Waals surface area contributed by atoms with Crippen LogP contribution in [0.3, 0.4) is 0 Å². The zero-order chi connectivity index (χ0) is 28.3. The third kappa shape index (κ3) is 7.07. The lowest BCUT2D eigenvalue weighted by atomic mass is 10.1. The number of carbonyl (C=O) groups is 3. The van der Waals surface area contributed by atoms with Crippen molar-refractivity contribution in [3.05, 3.63) is 52.8 Å². The predicted octanol–water partition coefficient (Wildman–Crippen LogP) is 5.38. The van der Waals surface area contributed by atoms with Crippen molar-refractivity contribution in [3.63, 3.8) is 0 Å². The molecular weight excluding hydrogens is 551 g/mol.